The average molecular weight is 310 g/mol. The molecule has 1 aliphatic carbocycles. The molecule has 0 heterocycles. The van der Waals surface area contributed by atoms with Crippen molar-refractivity contribution in [2.45, 2.75) is 46.3 Å². The summed E-state index contributed by atoms with van der Waals surface area (Å²) in [6.45, 7) is 10.7. The molecule has 0 aromatic rings. The summed E-state index contributed by atoms with van der Waals surface area (Å²) >= 11 is 0. The molecule has 0 radical (unpaired) electrons. The van der Waals surface area contributed by atoms with Gasteiger partial charge in [0, 0.05) is 0 Å². The molecule has 1 rings (SSSR count). The van der Waals surface area contributed by atoms with Crippen molar-refractivity contribution in [2.75, 3.05) is 13.2 Å². The maximum atomic E-state index is 12.3. The number of hydrogen-bond donors (Lipinski definition) is 0. The summed E-state index contributed by atoms with van der Waals surface area (Å²) in [6, 6.07) is 0. The molecule has 0 bridgehead atoms. The summed E-state index contributed by atoms with van der Waals surface area (Å²) in [5.41, 5.74) is 2.04. The number of rotatable bonds is 6. The first kappa shape index (κ1) is 17.7. The van der Waals surface area contributed by atoms with Crippen LogP contribution in [0.5, 0.6) is 0 Å². The molecule has 0 N–H and O–H groups in total. The summed E-state index contributed by atoms with van der Waals surface area (Å²) in [6.07, 6.45) is 4.72. The number of ether oxygens (including phenoxy) is 2. The van der Waals surface area contributed by atoms with Crippen molar-refractivity contribution >= 4 is 20.0 Å². The highest BCUT2D eigenvalue weighted by atomic mass is 28.3. The molecule has 0 atom stereocenters. The standard InChI is InChI=1S/C16H26O4Si/c1-6-19-14(17)16(15(18)20-7-2)10-8-13(12-16)9-11-21(3,4)5/h8-9,11H,6-7,10,12H2,1-5H3/b11-9+. The minimum Gasteiger partial charge on any atom is -0.465 e. The second kappa shape index (κ2) is 7.07. The van der Waals surface area contributed by atoms with E-state index in [-0.39, 0.29) is 13.2 Å². The Labute approximate surface area is 128 Å². The summed E-state index contributed by atoms with van der Waals surface area (Å²) in [5.74, 6) is -0.952. The van der Waals surface area contributed by atoms with Gasteiger partial charge in [-0.1, -0.05) is 43.1 Å². The molecule has 0 aliphatic heterocycles. The van der Waals surface area contributed by atoms with E-state index in [9.17, 15) is 9.59 Å². The summed E-state index contributed by atoms with van der Waals surface area (Å²) in [4.78, 5) is 24.5. The molecule has 0 unspecified atom stereocenters. The molecule has 4 nitrogen and oxygen atoms in total. The van der Waals surface area contributed by atoms with E-state index in [0.717, 1.165) is 5.57 Å². The molecule has 0 saturated heterocycles. The van der Waals surface area contributed by atoms with Crippen LogP contribution >= 0.6 is 0 Å². The minimum absolute atomic E-state index is 0.264. The van der Waals surface area contributed by atoms with E-state index in [1.807, 2.05) is 12.2 Å². The highest BCUT2D eigenvalue weighted by Crippen LogP contribution is 2.40. The molecule has 0 spiro atoms. The van der Waals surface area contributed by atoms with Crippen LogP contribution in [-0.2, 0) is 19.1 Å². The van der Waals surface area contributed by atoms with Crippen LogP contribution in [0.4, 0.5) is 0 Å². The van der Waals surface area contributed by atoms with Crippen LogP contribution < -0.4 is 0 Å². The van der Waals surface area contributed by atoms with Gasteiger partial charge in [0.1, 0.15) is 0 Å². The van der Waals surface area contributed by atoms with Crippen molar-refractivity contribution in [3.8, 4) is 0 Å². The average Bonchev–Trinajstić information content (AvgIpc) is 2.82. The van der Waals surface area contributed by atoms with Gasteiger partial charge in [0.05, 0.1) is 21.3 Å². The molecule has 21 heavy (non-hydrogen) atoms. The van der Waals surface area contributed by atoms with Crippen molar-refractivity contribution in [1.82, 2.24) is 0 Å². The van der Waals surface area contributed by atoms with Crippen molar-refractivity contribution in [3.05, 3.63) is 23.4 Å². The zero-order valence-corrected chi connectivity index (χ0v) is 14.7. The van der Waals surface area contributed by atoms with E-state index >= 15 is 0 Å². The van der Waals surface area contributed by atoms with Gasteiger partial charge < -0.3 is 9.47 Å². The second-order valence-electron chi connectivity index (χ2n) is 6.38. The Morgan fingerprint density at radius 1 is 1.19 bits per heavy atom. The van der Waals surface area contributed by atoms with Crippen LogP contribution in [0.25, 0.3) is 0 Å². The molecular weight excluding hydrogens is 284 g/mol. The normalized spacial score (nSPS) is 17.7. The van der Waals surface area contributed by atoms with Gasteiger partial charge in [-0.15, -0.1) is 0 Å². The van der Waals surface area contributed by atoms with Crippen LogP contribution in [0.1, 0.15) is 26.7 Å². The van der Waals surface area contributed by atoms with Crippen molar-refractivity contribution in [1.29, 1.82) is 0 Å². The molecule has 0 aromatic carbocycles. The number of allylic oxidation sites excluding steroid dienone is 3. The van der Waals surface area contributed by atoms with Crippen molar-refractivity contribution in [2.24, 2.45) is 5.41 Å². The number of hydrogen-bond acceptors (Lipinski definition) is 4. The number of carbonyl (C=O) groups is 2. The van der Waals surface area contributed by atoms with Crippen LogP contribution in [0.15, 0.2) is 23.4 Å². The summed E-state index contributed by atoms with van der Waals surface area (Å²) < 4.78 is 10.2. The Morgan fingerprint density at radius 3 is 2.14 bits per heavy atom. The summed E-state index contributed by atoms with van der Waals surface area (Å²) in [5, 5.41) is 0. The first-order valence-corrected chi connectivity index (χ1v) is 11.1. The van der Waals surface area contributed by atoms with Gasteiger partial charge >= 0.3 is 11.9 Å². The van der Waals surface area contributed by atoms with E-state index in [2.05, 4.69) is 25.3 Å². The first-order valence-electron chi connectivity index (χ1n) is 7.48. The fraction of sp³-hybridized carbons (Fsp3) is 0.625. The Morgan fingerprint density at radius 2 is 1.71 bits per heavy atom. The SMILES string of the molecule is CCOC(=O)C1(C(=O)OCC)CC=C(/C=C/[Si](C)(C)C)C1. The predicted octanol–water partition coefficient (Wildman–Crippen LogP) is 3.25. The third-order valence-electron chi connectivity index (χ3n) is 3.35. The monoisotopic (exact) mass is 310 g/mol. The van der Waals surface area contributed by atoms with E-state index < -0.39 is 25.4 Å². The van der Waals surface area contributed by atoms with Crippen molar-refractivity contribution < 1.29 is 19.1 Å². The largest absolute Gasteiger partial charge is 0.465 e. The number of carbonyl (C=O) groups excluding carboxylic acids is 2. The molecule has 0 amide bonds. The van der Waals surface area contributed by atoms with Gasteiger partial charge in [-0.2, -0.15) is 0 Å². The van der Waals surface area contributed by atoms with Crippen LogP contribution in [0, 0.1) is 5.41 Å². The van der Waals surface area contributed by atoms with Crippen molar-refractivity contribution in [3.63, 3.8) is 0 Å². The lowest BCUT2D eigenvalue weighted by atomic mass is 9.84. The highest BCUT2D eigenvalue weighted by Gasteiger charge is 2.50. The second-order valence-corrected chi connectivity index (χ2v) is 11.4. The Bertz CT molecular complexity index is 439. The number of esters is 2. The minimum atomic E-state index is -1.31. The molecule has 0 aromatic heterocycles. The maximum absolute atomic E-state index is 12.3. The topological polar surface area (TPSA) is 52.6 Å². The predicted molar refractivity (Wildman–Crippen MR) is 85.5 cm³/mol. The van der Waals surface area contributed by atoms with Crippen LogP contribution in [0.3, 0.4) is 0 Å². The fourth-order valence-corrected chi connectivity index (χ4v) is 2.93. The van der Waals surface area contributed by atoms with Gasteiger partial charge in [0.2, 0.25) is 0 Å². The Hall–Kier alpha value is -1.36. The van der Waals surface area contributed by atoms with Gasteiger partial charge in [-0.25, -0.2) is 0 Å². The van der Waals surface area contributed by atoms with E-state index in [0.29, 0.717) is 12.8 Å². The molecule has 1 aliphatic rings. The van der Waals surface area contributed by atoms with Gasteiger partial charge in [-0.3, -0.25) is 9.59 Å². The molecule has 5 heteroatoms. The van der Waals surface area contributed by atoms with Gasteiger partial charge in [0.15, 0.2) is 5.41 Å². The zero-order valence-electron chi connectivity index (χ0n) is 13.7. The molecular formula is C16H26O4Si. The Balaban J connectivity index is 2.92. The lowest BCUT2D eigenvalue weighted by molar-refractivity contribution is -0.171. The molecule has 0 fully saturated rings. The third kappa shape index (κ3) is 4.56. The quantitative estimate of drug-likeness (QED) is 0.429. The van der Waals surface area contributed by atoms with E-state index in [1.165, 1.54) is 0 Å². The Kier molecular flexibility index (Phi) is 5.95. The highest BCUT2D eigenvalue weighted by molar-refractivity contribution is 6.81. The zero-order chi connectivity index (χ0) is 16.1. The van der Waals surface area contributed by atoms with Gasteiger partial charge in [0.25, 0.3) is 0 Å². The lowest BCUT2D eigenvalue weighted by Gasteiger charge is -2.24. The molecule has 118 valence electrons. The molecule has 0 saturated carbocycles. The first-order chi connectivity index (χ1) is 9.75. The van der Waals surface area contributed by atoms with Crippen LogP contribution in [-0.4, -0.2) is 33.2 Å². The smallest absolute Gasteiger partial charge is 0.324 e. The third-order valence-corrected chi connectivity index (χ3v) is 4.52. The van der Waals surface area contributed by atoms with E-state index in [1.54, 1.807) is 13.8 Å². The maximum Gasteiger partial charge on any atom is 0.324 e. The fourth-order valence-electron chi connectivity index (χ4n) is 2.21. The van der Waals surface area contributed by atoms with E-state index in [4.69, 9.17) is 9.47 Å². The summed E-state index contributed by atoms with van der Waals surface area (Å²) in [7, 11) is -1.31. The van der Waals surface area contributed by atoms with Gasteiger partial charge in [-0.05, 0) is 26.7 Å². The van der Waals surface area contributed by atoms with Crippen LogP contribution in [0.2, 0.25) is 19.6 Å². The lowest BCUT2D eigenvalue weighted by Crippen LogP contribution is -2.40.